The lowest BCUT2D eigenvalue weighted by atomic mass is 10.1. The van der Waals surface area contributed by atoms with Crippen LogP contribution in [-0.2, 0) is 14.6 Å². The van der Waals surface area contributed by atoms with E-state index in [1.54, 1.807) is 12.1 Å². The SMILES string of the molecule is CC(=O)Nc1ccc(S(=O)(=O)c2cc(C#N)c(C#N)cc2[N+](=O)[O-])cc1. The van der Waals surface area contributed by atoms with Gasteiger partial charge in [-0.3, -0.25) is 14.9 Å². The summed E-state index contributed by atoms with van der Waals surface area (Å²) in [5, 5.41) is 31.7. The summed E-state index contributed by atoms with van der Waals surface area (Å²) in [6.45, 7) is 1.29. The molecule has 10 heteroatoms. The van der Waals surface area contributed by atoms with Gasteiger partial charge >= 0.3 is 0 Å². The Balaban J connectivity index is 2.65. The smallest absolute Gasteiger partial charge is 0.289 e. The minimum atomic E-state index is -4.33. The molecule has 2 rings (SSSR count). The average Bonchev–Trinajstić information content (AvgIpc) is 2.60. The van der Waals surface area contributed by atoms with Gasteiger partial charge in [-0.15, -0.1) is 0 Å². The maximum absolute atomic E-state index is 12.8. The molecule has 2 aromatic carbocycles. The second-order valence-corrected chi connectivity index (χ2v) is 6.97. The van der Waals surface area contributed by atoms with E-state index in [0.29, 0.717) is 5.69 Å². The van der Waals surface area contributed by atoms with Crippen LogP contribution in [0.15, 0.2) is 46.2 Å². The Morgan fingerprint density at radius 3 is 2.12 bits per heavy atom. The van der Waals surface area contributed by atoms with Crippen LogP contribution in [-0.4, -0.2) is 19.2 Å². The normalized spacial score (nSPS) is 10.4. The summed E-state index contributed by atoms with van der Waals surface area (Å²) in [6, 6.07) is 9.86. The number of rotatable bonds is 4. The number of amides is 1. The molecule has 0 heterocycles. The number of nitro groups is 1. The van der Waals surface area contributed by atoms with E-state index in [-0.39, 0.29) is 21.9 Å². The van der Waals surface area contributed by atoms with E-state index in [4.69, 9.17) is 10.5 Å². The molecule has 0 radical (unpaired) electrons. The van der Waals surface area contributed by atoms with Gasteiger partial charge in [0, 0.05) is 18.7 Å². The van der Waals surface area contributed by atoms with Gasteiger partial charge in [-0.2, -0.15) is 10.5 Å². The molecule has 0 fully saturated rings. The molecule has 9 nitrogen and oxygen atoms in total. The largest absolute Gasteiger partial charge is 0.326 e. The molecular weight excluding hydrogens is 360 g/mol. The third kappa shape index (κ3) is 3.50. The van der Waals surface area contributed by atoms with Crippen LogP contribution in [0.4, 0.5) is 11.4 Å². The minimum Gasteiger partial charge on any atom is -0.326 e. The zero-order chi connectivity index (χ0) is 19.5. The van der Waals surface area contributed by atoms with Crippen LogP contribution in [0.3, 0.4) is 0 Å². The van der Waals surface area contributed by atoms with Gasteiger partial charge < -0.3 is 5.32 Å². The number of anilines is 1. The van der Waals surface area contributed by atoms with Crippen LogP contribution in [0.5, 0.6) is 0 Å². The molecular formula is C16H10N4O5S. The predicted octanol–water partition coefficient (Wildman–Crippen LogP) is 2.13. The highest BCUT2D eigenvalue weighted by molar-refractivity contribution is 7.91. The Hall–Kier alpha value is -3.76. The third-order valence-corrected chi connectivity index (χ3v) is 5.11. The monoisotopic (exact) mass is 370 g/mol. The molecule has 0 unspecified atom stereocenters. The highest BCUT2D eigenvalue weighted by atomic mass is 32.2. The fourth-order valence-electron chi connectivity index (χ4n) is 2.16. The van der Waals surface area contributed by atoms with Crippen molar-refractivity contribution in [3.8, 4) is 12.1 Å². The molecule has 130 valence electrons. The Morgan fingerprint density at radius 1 is 1.12 bits per heavy atom. The van der Waals surface area contributed by atoms with Crippen molar-refractivity contribution in [1.82, 2.24) is 0 Å². The van der Waals surface area contributed by atoms with Crippen LogP contribution < -0.4 is 5.32 Å². The summed E-state index contributed by atoms with van der Waals surface area (Å²) >= 11 is 0. The summed E-state index contributed by atoms with van der Waals surface area (Å²) in [5.41, 5.74) is -1.03. The highest BCUT2D eigenvalue weighted by Crippen LogP contribution is 2.32. The summed E-state index contributed by atoms with van der Waals surface area (Å²) in [5.74, 6) is -0.345. The lowest BCUT2D eigenvalue weighted by Gasteiger charge is -2.08. The second-order valence-electron chi connectivity index (χ2n) is 5.06. The van der Waals surface area contributed by atoms with Crippen molar-refractivity contribution in [3.63, 3.8) is 0 Å². The number of nitrogens with one attached hydrogen (secondary N) is 1. The van der Waals surface area contributed by atoms with E-state index in [9.17, 15) is 23.3 Å². The molecule has 0 saturated heterocycles. The minimum absolute atomic E-state index is 0.261. The molecule has 0 aliphatic heterocycles. The standard InChI is InChI=1S/C16H10N4O5S/c1-10(21)19-13-2-4-14(5-3-13)26(24,25)16-7-12(9-18)11(8-17)6-15(16)20(22)23/h2-7H,1H3,(H,19,21). The molecule has 1 N–H and O–H groups in total. The third-order valence-electron chi connectivity index (χ3n) is 3.31. The first kappa shape index (κ1) is 18.6. The Bertz CT molecular complexity index is 1090. The lowest BCUT2D eigenvalue weighted by molar-refractivity contribution is -0.387. The van der Waals surface area contributed by atoms with Crippen molar-refractivity contribution in [3.05, 3.63) is 57.6 Å². The molecule has 0 spiro atoms. The maximum Gasteiger partial charge on any atom is 0.289 e. The van der Waals surface area contributed by atoms with E-state index in [1.165, 1.54) is 31.2 Å². The van der Waals surface area contributed by atoms with Crippen LogP contribution in [0.1, 0.15) is 18.1 Å². The van der Waals surface area contributed by atoms with E-state index in [1.807, 2.05) is 0 Å². The summed E-state index contributed by atoms with van der Waals surface area (Å²) < 4.78 is 25.6. The summed E-state index contributed by atoms with van der Waals surface area (Å²) in [6.07, 6.45) is 0. The number of nitro benzene ring substituents is 1. The number of benzene rings is 2. The fourth-order valence-corrected chi connectivity index (χ4v) is 3.59. The maximum atomic E-state index is 12.8. The summed E-state index contributed by atoms with van der Waals surface area (Å²) in [4.78, 5) is 20.4. The topological polar surface area (TPSA) is 154 Å². The Morgan fingerprint density at radius 2 is 1.65 bits per heavy atom. The second kappa shape index (κ2) is 7.01. The first-order valence-corrected chi connectivity index (χ1v) is 8.44. The molecule has 0 aliphatic rings. The molecule has 0 atom stereocenters. The molecule has 0 saturated carbocycles. The quantitative estimate of drug-likeness (QED) is 0.638. The predicted molar refractivity (Wildman–Crippen MR) is 88.7 cm³/mol. The summed E-state index contributed by atoms with van der Waals surface area (Å²) in [7, 11) is -4.33. The van der Waals surface area contributed by atoms with Gasteiger partial charge in [-0.25, -0.2) is 8.42 Å². The fraction of sp³-hybridized carbons (Fsp3) is 0.0625. The van der Waals surface area contributed by atoms with Crippen molar-refractivity contribution >= 4 is 27.1 Å². The molecule has 2 aromatic rings. The molecule has 0 aliphatic carbocycles. The first-order chi connectivity index (χ1) is 12.2. The van der Waals surface area contributed by atoms with Crippen molar-refractivity contribution < 1.29 is 18.1 Å². The zero-order valence-electron chi connectivity index (χ0n) is 13.3. The van der Waals surface area contributed by atoms with Crippen molar-refractivity contribution in [1.29, 1.82) is 10.5 Å². The van der Waals surface area contributed by atoms with Gasteiger partial charge in [0.2, 0.25) is 15.7 Å². The van der Waals surface area contributed by atoms with Gasteiger partial charge in [-0.05, 0) is 30.3 Å². The average molecular weight is 370 g/mol. The number of hydrogen-bond donors (Lipinski definition) is 1. The zero-order valence-corrected chi connectivity index (χ0v) is 14.1. The van der Waals surface area contributed by atoms with E-state index in [2.05, 4.69) is 5.32 Å². The van der Waals surface area contributed by atoms with Crippen molar-refractivity contribution in [2.75, 3.05) is 5.32 Å². The van der Waals surface area contributed by atoms with Gasteiger partial charge in [0.15, 0.2) is 4.90 Å². The van der Waals surface area contributed by atoms with E-state index in [0.717, 1.165) is 12.1 Å². The van der Waals surface area contributed by atoms with Crippen LogP contribution in [0.25, 0.3) is 0 Å². The van der Waals surface area contributed by atoms with Gasteiger partial charge in [0.1, 0.15) is 12.1 Å². The van der Waals surface area contributed by atoms with Crippen LogP contribution in [0, 0.1) is 32.8 Å². The van der Waals surface area contributed by atoms with Crippen LogP contribution in [0.2, 0.25) is 0 Å². The van der Waals surface area contributed by atoms with Gasteiger partial charge in [0.05, 0.1) is 20.9 Å². The number of sulfone groups is 1. The van der Waals surface area contributed by atoms with Crippen molar-refractivity contribution in [2.45, 2.75) is 16.7 Å². The number of carbonyl (C=O) groups excluding carboxylic acids is 1. The molecule has 0 aromatic heterocycles. The van der Waals surface area contributed by atoms with E-state index < -0.39 is 25.3 Å². The molecule has 1 amide bonds. The first-order valence-electron chi connectivity index (χ1n) is 6.96. The molecule has 26 heavy (non-hydrogen) atoms. The highest BCUT2D eigenvalue weighted by Gasteiger charge is 2.29. The van der Waals surface area contributed by atoms with E-state index >= 15 is 0 Å². The number of carbonyl (C=O) groups is 1. The number of hydrogen-bond acceptors (Lipinski definition) is 7. The Kier molecular flexibility index (Phi) is 5.01. The Labute approximate surface area is 148 Å². The van der Waals surface area contributed by atoms with Crippen LogP contribution >= 0.6 is 0 Å². The van der Waals surface area contributed by atoms with Gasteiger partial charge in [0.25, 0.3) is 5.69 Å². The van der Waals surface area contributed by atoms with Crippen molar-refractivity contribution in [2.24, 2.45) is 0 Å². The number of nitrogens with zero attached hydrogens (tertiary/aromatic N) is 3. The van der Waals surface area contributed by atoms with Gasteiger partial charge in [-0.1, -0.05) is 0 Å². The molecule has 0 bridgehead atoms. The number of nitriles is 2. The lowest BCUT2D eigenvalue weighted by Crippen LogP contribution is -2.08.